The average Bonchev–Trinajstić information content (AvgIpc) is 2.23. The highest BCUT2D eigenvalue weighted by atomic mass is 32.1. The molecule has 1 unspecified atom stereocenters. The van der Waals surface area contributed by atoms with Crippen LogP contribution in [0, 0.1) is 5.92 Å². The van der Waals surface area contributed by atoms with Gasteiger partial charge in [0.2, 0.25) is 5.91 Å². The molecule has 0 saturated carbocycles. The summed E-state index contributed by atoms with van der Waals surface area (Å²) in [4.78, 5) is 13.8. The number of ether oxygens (including phenoxy) is 1. The highest BCUT2D eigenvalue weighted by molar-refractivity contribution is 7.80. The molecule has 4 nitrogen and oxygen atoms in total. The first kappa shape index (κ1) is 15.3. The number of carbonyl (C=O) groups excluding carboxylic acids is 1. The number of carbonyl (C=O) groups is 1. The topological polar surface area (TPSA) is 55.6 Å². The van der Waals surface area contributed by atoms with Crippen LogP contribution in [0.15, 0.2) is 0 Å². The van der Waals surface area contributed by atoms with Crippen LogP contribution in [-0.2, 0) is 9.53 Å². The van der Waals surface area contributed by atoms with Crippen molar-refractivity contribution in [3.63, 3.8) is 0 Å². The van der Waals surface area contributed by atoms with Crippen molar-refractivity contribution in [2.75, 3.05) is 26.8 Å². The first-order valence-corrected chi connectivity index (χ1v) is 6.00. The Balaban J connectivity index is 3.77. The molecule has 0 heterocycles. The largest absolute Gasteiger partial charge is 0.393 e. The zero-order valence-corrected chi connectivity index (χ0v) is 11.2. The van der Waals surface area contributed by atoms with Gasteiger partial charge in [-0.3, -0.25) is 4.79 Å². The van der Waals surface area contributed by atoms with E-state index in [-0.39, 0.29) is 11.8 Å². The van der Waals surface area contributed by atoms with Crippen LogP contribution in [0.2, 0.25) is 0 Å². The van der Waals surface area contributed by atoms with Gasteiger partial charge in [0.1, 0.15) is 0 Å². The van der Waals surface area contributed by atoms with Gasteiger partial charge in [0, 0.05) is 39.1 Å². The Morgan fingerprint density at radius 3 is 2.69 bits per heavy atom. The summed E-state index contributed by atoms with van der Waals surface area (Å²) in [7, 11) is 1.78. The van der Waals surface area contributed by atoms with Crippen LogP contribution in [0.5, 0.6) is 0 Å². The highest BCUT2D eigenvalue weighted by Crippen LogP contribution is 2.02. The van der Waals surface area contributed by atoms with E-state index >= 15 is 0 Å². The predicted octanol–water partition coefficient (Wildman–Crippen LogP) is 1.18. The zero-order chi connectivity index (χ0) is 12.6. The van der Waals surface area contributed by atoms with Gasteiger partial charge >= 0.3 is 0 Å². The van der Waals surface area contributed by atoms with Crippen molar-refractivity contribution in [3.8, 4) is 0 Å². The third-order valence-electron chi connectivity index (χ3n) is 2.34. The Hall–Kier alpha value is -0.680. The maximum absolute atomic E-state index is 11.7. The van der Waals surface area contributed by atoms with Crippen molar-refractivity contribution in [2.24, 2.45) is 11.7 Å². The minimum Gasteiger partial charge on any atom is -0.393 e. The van der Waals surface area contributed by atoms with E-state index in [1.165, 1.54) is 0 Å². The average molecular weight is 246 g/mol. The quantitative estimate of drug-likeness (QED) is 0.516. The lowest BCUT2D eigenvalue weighted by Gasteiger charge is -2.20. The van der Waals surface area contributed by atoms with Crippen molar-refractivity contribution in [1.82, 2.24) is 4.90 Å². The molecule has 0 aromatic rings. The van der Waals surface area contributed by atoms with Crippen LogP contribution in [0.4, 0.5) is 0 Å². The highest BCUT2D eigenvalue weighted by Gasteiger charge is 2.13. The monoisotopic (exact) mass is 246 g/mol. The molecule has 94 valence electrons. The molecule has 0 spiro atoms. The molecular formula is C11H22N2O2S. The van der Waals surface area contributed by atoms with Crippen molar-refractivity contribution < 1.29 is 9.53 Å². The molecule has 1 atom stereocenters. The van der Waals surface area contributed by atoms with E-state index in [1.54, 1.807) is 11.9 Å². The zero-order valence-electron chi connectivity index (χ0n) is 10.4. The van der Waals surface area contributed by atoms with E-state index in [1.807, 2.05) is 13.8 Å². The van der Waals surface area contributed by atoms with Gasteiger partial charge < -0.3 is 15.4 Å². The van der Waals surface area contributed by atoms with Gasteiger partial charge in [-0.1, -0.05) is 19.1 Å². The Labute approximate surface area is 103 Å². The molecule has 0 rings (SSSR count). The summed E-state index contributed by atoms with van der Waals surface area (Å²) in [5, 5.41) is 0. The smallest absolute Gasteiger partial charge is 0.222 e. The number of hydrogen-bond acceptors (Lipinski definition) is 3. The van der Waals surface area contributed by atoms with E-state index in [0.717, 1.165) is 6.42 Å². The minimum atomic E-state index is 0.0656. The summed E-state index contributed by atoms with van der Waals surface area (Å²) in [5.41, 5.74) is 5.50. The Morgan fingerprint density at radius 2 is 2.19 bits per heavy atom. The fourth-order valence-corrected chi connectivity index (χ4v) is 1.34. The van der Waals surface area contributed by atoms with Crippen LogP contribution in [0.3, 0.4) is 0 Å². The normalized spacial score (nSPS) is 12.2. The molecule has 0 fully saturated rings. The lowest BCUT2D eigenvalue weighted by Crippen LogP contribution is -2.35. The van der Waals surface area contributed by atoms with Gasteiger partial charge in [0.05, 0.1) is 4.99 Å². The van der Waals surface area contributed by atoms with Gasteiger partial charge in [-0.15, -0.1) is 0 Å². The second-order valence-corrected chi connectivity index (χ2v) is 4.35. The molecule has 5 heteroatoms. The fourth-order valence-electron chi connectivity index (χ4n) is 1.26. The number of hydrogen-bond donors (Lipinski definition) is 1. The Kier molecular flexibility index (Phi) is 8.11. The van der Waals surface area contributed by atoms with Crippen LogP contribution < -0.4 is 5.73 Å². The first-order chi connectivity index (χ1) is 7.49. The molecule has 2 N–H and O–H groups in total. The summed E-state index contributed by atoms with van der Waals surface area (Å²) in [6.45, 7) is 5.79. The van der Waals surface area contributed by atoms with E-state index in [4.69, 9.17) is 22.7 Å². The number of nitrogens with zero attached hydrogens (tertiary/aromatic N) is 1. The van der Waals surface area contributed by atoms with Gasteiger partial charge in [0.25, 0.3) is 0 Å². The van der Waals surface area contributed by atoms with E-state index < -0.39 is 0 Å². The first-order valence-electron chi connectivity index (χ1n) is 5.60. The van der Waals surface area contributed by atoms with Crippen molar-refractivity contribution in [2.45, 2.75) is 26.7 Å². The molecule has 0 saturated heterocycles. The molecule has 0 radical (unpaired) electrons. The van der Waals surface area contributed by atoms with Crippen LogP contribution in [0.25, 0.3) is 0 Å². The summed E-state index contributed by atoms with van der Waals surface area (Å²) in [5.74, 6) is 0.179. The second-order valence-electron chi connectivity index (χ2n) is 3.88. The van der Waals surface area contributed by atoms with E-state index in [9.17, 15) is 4.79 Å². The number of amides is 1. The maximum atomic E-state index is 11.7. The predicted molar refractivity (Wildman–Crippen MR) is 69.3 cm³/mol. The third kappa shape index (κ3) is 6.74. The van der Waals surface area contributed by atoms with Crippen LogP contribution >= 0.6 is 12.2 Å². The SMILES string of the molecule is CCOCCCC(=O)N(C)CC(C)C(N)=S. The van der Waals surface area contributed by atoms with Gasteiger partial charge in [-0.05, 0) is 13.3 Å². The van der Waals surface area contributed by atoms with Crippen molar-refractivity contribution in [1.29, 1.82) is 0 Å². The molecule has 0 aliphatic heterocycles. The Bertz CT molecular complexity index is 234. The van der Waals surface area contributed by atoms with E-state index in [2.05, 4.69) is 0 Å². The minimum absolute atomic E-state index is 0.0656. The van der Waals surface area contributed by atoms with Gasteiger partial charge in [-0.2, -0.15) is 0 Å². The molecule has 0 bridgehead atoms. The van der Waals surface area contributed by atoms with Gasteiger partial charge in [0.15, 0.2) is 0 Å². The lowest BCUT2D eigenvalue weighted by molar-refractivity contribution is -0.130. The Morgan fingerprint density at radius 1 is 1.56 bits per heavy atom. The van der Waals surface area contributed by atoms with Crippen molar-refractivity contribution >= 4 is 23.1 Å². The summed E-state index contributed by atoms with van der Waals surface area (Å²) >= 11 is 4.86. The number of nitrogens with two attached hydrogens (primary N) is 1. The maximum Gasteiger partial charge on any atom is 0.222 e. The van der Waals surface area contributed by atoms with Crippen LogP contribution in [0.1, 0.15) is 26.7 Å². The molecule has 0 aliphatic carbocycles. The number of thiocarbonyl (C=S) groups is 1. The summed E-state index contributed by atoms with van der Waals surface area (Å²) < 4.78 is 5.17. The molecule has 0 aromatic heterocycles. The molecule has 1 amide bonds. The second kappa shape index (κ2) is 8.47. The number of rotatable bonds is 8. The molecular weight excluding hydrogens is 224 g/mol. The molecule has 16 heavy (non-hydrogen) atoms. The standard InChI is InChI=1S/C11H22N2O2S/c1-4-15-7-5-6-10(14)13(3)8-9(2)11(12)16/h9H,4-8H2,1-3H3,(H2,12,16). The van der Waals surface area contributed by atoms with Gasteiger partial charge in [-0.25, -0.2) is 0 Å². The van der Waals surface area contributed by atoms with Crippen LogP contribution in [-0.4, -0.2) is 42.6 Å². The van der Waals surface area contributed by atoms with Crippen molar-refractivity contribution in [3.05, 3.63) is 0 Å². The fraction of sp³-hybridized carbons (Fsp3) is 0.818. The van der Waals surface area contributed by atoms with E-state index in [0.29, 0.717) is 31.2 Å². The summed E-state index contributed by atoms with van der Waals surface area (Å²) in [6, 6.07) is 0. The lowest BCUT2D eigenvalue weighted by atomic mass is 10.1. The summed E-state index contributed by atoms with van der Waals surface area (Å²) in [6.07, 6.45) is 1.28. The third-order valence-corrected chi connectivity index (χ3v) is 2.74. The molecule has 0 aromatic carbocycles. The molecule has 0 aliphatic rings.